The van der Waals surface area contributed by atoms with E-state index in [1.54, 1.807) is 6.92 Å². The Bertz CT molecular complexity index is 729. The first-order chi connectivity index (χ1) is 14.7. The molecule has 0 radical (unpaired) electrons. The van der Waals surface area contributed by atoms with E-state index in [1.165, 1.54) is 24.3 Å². The Kier molecular flexibility index (Phi) is 11.6. The van der Waals surface area contributed by atoms with Gasteiger partial charge in [0.05, 0.1) is 12.9 Å². The van der Waals surface area contributed by atoms with Crippen molar-refractivity contribution in [2.45, 2.75) is 51.2 Å². The fourth-order valence-corrected chi connectivity index (χ4v) is 3.26. The molecule has 0 aromatic carbocycles. The number of nitrogens with two attached hydrogens (primary N) is 1. The van der Waals surface area contributed by atoms with Crippen molar-refractivity contribution in [2.75, 3.05) is 18.6 Å². The summed E-state index contributed by atoms with van der Waals surface area (Å²) in [4.78, 5) is 55.8. The van der Waals surface area contributed by atoms with Crippen molar-refractivity contribution >= 4 is 35.5 Å². The molecule has 0 aliphatic carbocycles. The lowest BCUT2D eigenvalue weighted by molar-refractivity contribution is -0.142. The third-order valence-corrected chi connectivity index (χ3v) is 5.48. The topological polar surface area (TPSA) is 179 Å². The fraction of sp³-hybridized carbons (Fsp3) is 0.632. The Balaban J connectivity index is 2.97. The maximum atomic E-state index is 12.9. The second-order valence-electron chi connectivity index (χ2n) is 7.16. The molecule has 0 spiro atoms. The van der Waals surface area contributed by atoms with Gasteiger partial charge in [-0.3, -0.25) is 14.4 Å². The lowest BCUT2D eigenvalue weighted by atomic mass is 9.97. The van der Waals surface area contributed by atoms with E-state index >= 15 is 0 Å². The number of carboxylic acids is 1. The van der Waals surface area contributed by atoms with Crippen molar-refractivity contribution in [2.24, 2.45) is 11.7 Å². The molecule has 0 saturated heterocycles. The summed E-state index contributed by atoms with van der Waals surface area (Å²) >= 11 is 1.47. The van der Waals surface area contributed by atoms with Gasteiger partial charge in [-0.25, -0.2) is 9.78 Å². The number of hydrogen-bond acceptors (Lipinski definition) is 7. The van der Waals surface area contributed by atoms with Crippen LogP contribution in [0, 0.1) is 5.92 Å². The molecular formula is C19H32N6O5S. The first kappa shape index (κ1) is 26.4. The number of aromatic nitrogens is 2. The van der Waals surface area contributed by atoms with Crippen molar-refractivity contribution in [3.05, 3.63) is 18.2 Å². The van der Waals surface area contributed by atoms with Crippen LogP contribution >= 0.6 is 11.8 Å². The van der Waals surface area contributed by atoms with Crippen LogP contribution < -0.4 is 21.7 Å². The van der Waals surface area contributed by atoms with E-state index in [2.05, 4.69) is 25.9 Å². The van der Waals surface area contributed by atoms with E-state index < -0.39 is 41.8 Å². The predicted octanol–water partition coefficient (Wildman–Crippen LogP) is -0.751. The summed E-state index contributed by atoms with van der Waals surface area (Å²) in [5.41, 5.74) is 5.97. The maximum absolute atomic E-state index is 12.9. The molecule has 11 nitrogen and oxygen atoms in total. The number of aliphatic carboxylic acids is 1. The summed E-state index contributed by atoms with van der Waals surface area (Å²) in [7, 11) is 0. The van der Waals surface area contributed by atoms with Gasteiger partial charge >= 0.3 is 5.97 Å². The normalized spacial score (nSPS) is 14.7. The van der Waals surface area contributed by atoms with Crippen LogP contribution in [-0.4, -0.2) is 75.4 Å². The van der Waals surface area contributed by atoms with E-state index in [1.807, 2.05) is 13.2 Å². The molecular weight excluding hydrogens is 424 g/mol. The van der Waals surface area contributed by atoms with Gasteiger partial charge in [0, 0.05) is 18.3 Å². The summed E-state index contributed by atoms with van der Waals surface area (Å²) in [6.45, 7) is 3.35. The number of thioether (sulfide) groups is 1. The summed E-state index contributed by atoms with van der Waals surface area (Å²) < 4.78 is 0. The molecule has 3 amide bonds. The van der Waals surface area contributed by atoms with Crippen molar-refractivity contribution in [3.63, 3.8) is 0 Å². The number of hydrogen-bond donors (Lipinski definition) is 6. The van der Waals surface area contributed by atoms with Crippen LogP contribution in [0.1, 0.15) is 32.4 Å². The number of H-pyrrole nitrogens is 1. The molecule has 1 aromatic heterocycles. The number of amides is 3. The number of imidazole rings is 1. The summed E-state index contributed by atoms with van der Waals surface area (Å²) in [6.07, 6.45) is 5.78. The zero-order valence-electron chi connectivity index (χ0n) is 18.0. The van der Waals surface area contributed by atoms with E-state index in [9.17, 15) is 24.3 Å². The molecule has 0 bridgehead atoms. The van der Waals surface area contributed by atoms with Crippen molar-refractivity contribution in [3.8, 4) is 0 Å². The molecule has 4 atom stereocenters. The van der Waals surface area contributed by atoms with Gasteiger partial charge in [0.1, 0.15) is 18.1 Å². The maximum Gasteiger partial charge on any atom is 0.326 e. The van der Waals surface area contributed by atoms with Crippen LogP contribution in [0.5, 0.6) is 0 Å². The number of nitrogens with zero attached hydrogens (tertiary/aromatic N) is 1. The third-order valence-electron chi connectivity index (χ3n) is 4.83. The standard InChI is InChI=1S/C19H32N6O5S/c1-4-11(2)16(18(28)24-13(19(29)30)5-6-31-3)25-17(27)14(23-15(26)8-20)7-12-9-21-10-22-12/h9-11,13-14,16H,4-8,20H2,1-3H3,(H,21,22)(H,23,26)(H,24,28)(H,25,27)(H,29,30). The molecule has 12 heteroatoms. The van der Waals surface area contributed by atoms with Gasteiger partial charge in [-0.1, -0.05) is 20.3 Å². The predicted molar refractivity (Wildman–Crippen MR) is 117 cm³/mol. The highest BCUT2D eigenvalue weighted by atomic mass is 32.2. The Hall–Kier alpha value is -2.60. The zero-order chi connectivity index (χ0) is 23.4. The van der Waals surface area contributed by atoms with Crippen LogP contribution in [0.15, 0.2) is 12.5 Å². The van der Waals surface area contributed by atoms with Crippen LogP contribution in [-0.2, 0) is 25.6 Å². The van der Waals surface area contributed by atoms with Gasteiger partial charge in [-0.2, -0.15) is 11.8 Å². The van der Waals surface area contributed by atoms with Crippen LogP contribution in [0.3, 0.4) is 0 Å². The minimum absolute atomic E-state index is 0.123. The highest BCUT2D eigenvalue weighted by Crippen LogP contribution is 2.11. The monoisotopic (exact) mass is 456 g/mol. The van der Waals surface area contributed by atoms with Gasteiger partial charge in [-0.05, 0) is 24.3 Å². The first-order valence-electron chi connectivity index (χ1n) is 10.0. The molecule has 1 rings (SSSR count). The van der Waals surface area contributed by atoms with E-state index in [0.29, 0.717) is 17.9 Å². The molecule has 4 unspecified atom stereocenters. The summed E-state index contributed by atoms with van der Waals surface area (Å²) in [6, 6.07) is -3.00. The van der Waals surface area contributed by atoms with Gasteiger partial charge in [-0.15, -0.1) is 0 Å². The van der Waals surface area contributed by atoms with Gasteiger partial charge in [0.25, 0.3) is 0 Å². The molecule has 0 aliphatic heterocycles. The quantitative estimate of drug-likeness (QED) is 0.211. The minimum Gasteiger partial charge on any atom is -0.480 e. The number of rotatable bonds is 14. The molecule has 0 aliphatic rings. The largest absolute Gasteiger partial charge is 0.480 e. The lowest BCUT2D eigenvalue weighted by Gasteiger charge is -2.27. The van der Waals surface area contributed by atoms with Crippen LogP contribution in [0.2, 0.25) is 0 Å². The fourth-order valence-electron chi connectivity index (χ4n) is 2.79. The SMILES string of the molecule is CCC(C)C(NC(=O)C(Cc1cnc[nH]1)NC(=O)CN)C(=O)NC(CCSC)C(=O)O. The van der Waals surface area contributed by atoms with Crippen LogP contribution in [0.4, 0.5) is 0 Å². The van der Waals surface area contributed by atoms with Crippen LogP contribution in [0.25, 0.3) is 0 Å². The Labute approximate surface area is 185 Å². The Morgan fingerprint density at radius 2 is 1.90 bits per heavy atom. The molecule has 174 valence electrons. The number of carboxylic acid groups (broad SMARTS) is 1. The zero-order valence-corrected chi connectivity index (χ0v) is 18.8. The number of carbonyl (C=O) groups is 4. The first-order valence-corrected chi connectivity index (χ1v) is 11.4. The van der Waals surface area contributed by atoms with Gasteiger partial charge < -0.3 is 31.8 Å². The highest BCUT2D eigenvalue weighted by molar-refractivity contribution is 7.98. The molecule has 31 heavy (non-hydrogen) atoms. The Morgan fingerprint density at radius 1 is 1.19 bits per heavy atom. The summed E-state index contributed by atoms with van der Waals surface area (Å²) in [5, 5.41) is 17.1. The van der Waals surface area contributed by atoms with Gasteiger partial charge in [0.2, 0.25) is 17.7 Å². The van der Waals surface area contributed by atoms with Crippen molar-refractivity contribution in [1.82, 2.24) is 25.9 Å². The molecule has 0 saturated carbocycles. The third kappa shape index (κ3) is 8.97. The molecule has 0 fully saturated rings. The smallest absolute Gasteiger partial charge is 0.326 e. The number of aromatic amines is 1. The van der Waals surface area contributed by atoms with E-state index in [4.69, 9.17) is 5.73 Å². The second kappa shape index (κ2) is 13.7. The van der Waals surface area contributed by atoms with Gasteiger partial charge in [0.15, 0.2) is 0 Å². The lowest BCUT2D eigenvalue weighted by Crippen LogP contribution is -2.58. The van der Waals surface area contributed by atoms with E-state index in [-0.39, 0.29) is 25.3 Å². The Morgan fingerprint density at radius 3 is 2.42 bits per heavy atom. The summed E-state index contributed by atoms with van der Waals surface area (Å²) in [5.74, 6) is -2.52. The minimum atomic E-state index is -1.14. The van der Waals surface area contributed by atoms with Crippen molar-refractivity contribution in [1.29, 1.82) is 0 Å². The average Bonchev–Trinajstić information content (AvgIpc) is 3.26. The molecule has 1 aromatic rings. The second-order valence-corrected chi connectivity index (χ2v) is 8.14. The number of carbonyl (C=O) groups excluding carboxylic acids is 3. The average molecular weight is 457 g/mol. The molecule has 1 heterocycles. The van der Waals surface area contributed by atoms with E-state index in [0.717, 1.165) is 0 Å². The number of nitrogens with one attached hydrogen (secondary N) is 4. The molecule has 7 N–H and O–H groups in total. The van der Waals surface area contributed by atoms with Crippen molar-refractivity contribution < 1.29 is 24.3 Å². The highest BCUT2D eigenvalue weighted by Gasteiger charge is 2.32.